The number of halogens is 3. The molecule has 0 aliphatic carbocycles. The molecular formula is C10H13F3O3. The molecule has 0 aromatic carbocycles. The molecule has 16 heavy (non-hydrogen) atoms. The van der Waals surface area contributed by atoms with Crippen molar-refractivity contribution in [2.45, 2.75) is 44.1 Å². The summed E-state index contributed by atoms with van der Waals surface area (Å²) in [5.74, 6) is -3.83. The van der Waals surface area contributed by atoms with Crippen molar-refractivity contribution in [3.05, 3.63) is 0 Å². The molecule has 0 radical (unpaired) electrons. The van der Waals surface area contributed by atoms with Crippen molar-refractivity contribution in [2.24, 2.45) is 11.8 Å². The molecule has 0 amide bonds. The average molecular weight is 238 g/mol. The van der Waals surface area contributed by atoms with Crippen LogP contribution in [0.3, 0.4) is 0 Å². The number of alkyl halides is 3. The second-order valence-electron chi connectivity index (χ2n) is 4.52. The summed E-state index contributed by atoms with van der Waals surface area (Å²) in [7, 11) is 0. The molecule has 4 atom stereocenters. The van der Waals surface area contributed by atoms with Gasteiger partial charge in [0.15, 0.2) is 0 Å². The van der Waals surface area contributed by atoms with Gasteiger partial charge in [-0.1, -0.05) is 0 Å². The fourth-order valence-corrected chi connectivity index (χ4v) is 2.80. The lowest BCUT2D eigenvalue weighted by Crippen LogP contribution is -2.37. The standard InChI is InChI=1S/C10H13F3O3/c11-10(12,13)7(4-9(14)15)6-3-5-1-2-8(6)16-5/h5-8H,1-4H2,(H,14,15). The first-order valence-electron chi connectivity index (χ1n) is 5.32. The lowest BCUT2D eigenvalue weighted by Gasteiger charge is -2.28. The van der Waals surface area contributed by atoms with Gasteiger partial charge in [-0.3, -0.25) is 4.79 Å². The maximum Gasteiger partial charge on any atom is 0.392 e. The molecular weight excluding hydrogens is 225 g/mol. The van der Waals surface area contributed by atoms with Crippen LogP contribution in [0.4, 0.5) is 13.2 Å². The number of rotatable bonds is 3. The highest BCUT2D eigenvalue weighted by atomic mass is 19.4. The van der Waals surface area contributed by atoms with Crippen molar-refractivity contribution in [1.82, 2.24) is 0 Å². The van der Waals surface area contributed by atoms with Crippen molar-refractivity contribution in [3.8, 4) is 0 Å². The third-order valence-corrected chi connectivity index (χ3v) is 3.48. The molecule has 0 saturated carbocycles. The highest BCUT2D eigenvalue weighted by Gasteiger charge is 2.53. The van der Waals surface area contributed by atoms with Gasteiger partial charge < -0.3 is 9.84 Å². The summed E-state index contributed by atoms with van der Waals surface area (Å²) in [4.78, 5) is 10.5. The largest absolute Gasteiger partial charge is 0.481 e. The maximum atomic E-state index is 12.7. The number of hydrogen-bond acceptors (Lipinski definition) is 2. The molecule has 2 saturated heterocycles. The summed E-state index contributed by atoms with van der Waals surface area (Å²) in [6.07, 6.45) is -4.00. The first-order chi connectivity index (χ1) is 7.38. The number of ether oxygens (including phenoxy) is 1. The van der Waals surface area contributed by atoms with E-state index in [9.17, 15) is 18.0 Å². The minimum Gasteiger partial charge on any atom is -0.481 e. The van der Waals surface area contributed by atoms with Gasteiger partial charge in [-0.25, -0.2) is 0 Å². The van der Waals surface area contributed by atoms with Crippen molar-refractivity contribution in [2.75, 3.05) is 0 Å². The SMILES string of the molecule is O=C(O)CC(C1CC2CCC1O2)C(F)(F)F. The monoisotopic (exact) mass is 238 g/mol. The van der Waals surface area contributed by atoms with E-state index in [1.165, 1.54) is 0 Å². The molecule has 2 aliphatic heterocycles. The Kier molecular flexibility index (Phi) is 2.86. The van der Waals surface area contributed by atoms with Gasteiger partial charge in [0.25, 0.3) is 0 Å². The van der Waals surface area contributed by atoms with E-state index in [1.54, 1.807) is 0 Å². The molecule has 2 heterocycles. The van der Waals surface area contributed by atoms with Crippen LogP contribution in [0, 0.1) is 11.8 Å². The number of carbonyl (C=O) groups is 1. The average Bonchev–Trinajstić information content (AvgIpc) is 2.72. The van der Waals surface area contributed by atoms with Crippen LogP contribution < -0.4 is 0 Å². The molecule has 2 bridgehead atoms. The molecule has 0 spiro atoms. The Morgan fingerprint density at radius 1 is 1.44 bits per heavy atom. The summed E-state index contributed by atoms with van der Waals surface area (Å²) in [6.45, 7) is 0. The Labute approximate surface area is 90.6 Å². The van der Waals surface area contributed by atoms with Crippen LogP contribution in [0.15, 0.2) is 0 Å². The quantitative estimate of drug-likeness (QED) is 0.819. The van der Waals surface area contributed by atoms with Gasteiger partial charge in [-0.15, -0.1) is 0 Å². The zero-order chi connectivity index (χ0) is 11.9. The van der Waals surface area contributed by atoms with Gasteiger partial charge in [0.2, 0.25) is 0 Å². The molecule has 2 rings (SSSR count). The summed E-state index contributed by atoms with van der Waals surface area (Å²) >= 11 is 0. The van der Waals surface area contributed by atoms with Gasteiger partial charge in [0.05, 0.1) is 24.5 Å². The van der Waals surface area contributed by atoms with E-state index >= 15 is 0 Å². The number of fused-ring (bicyclic) bond motifs is 2. The smallest absolute Gasteiger partial charge is 0.392 e. The Bertz CT molecular complexity index is 290. The van der Waals surface area contributed by atoms with Crippen molar-refractivity contribution < 1.29 is 27.8 Å². The lowest BCUT2D eigenvalue weighted by atomic mass is 9.78. The topological polar surface area (TPSA) is 46.5 Å². The van der Waals surface area contributed by atoms with Crippen LogP contribution in [0.25, 0.3) is 0 Å². The van der Waals surface area contributed by atoms with E-state index in [4.69, 9.17) is 9.84 Å². The van der Waals surface area contributed by atoms with E-state index in [2.05, 4.69) is 0 Å². The van der Waals surface area contributed by atoms with Gasteiger partial charge in [-0.05, 0) is 25.2 Å². The molecule has 2 aliphatic rings. The van der Waals surface area contributed by atoms with Crippen molar-refractivity contribution in [3.63, 3.8) is 0 Å². The number of carboxylic acids is 1. The predicted octanol–water partition coefficient (Wildman–Crippen LogP) is 2.21. The highest BCUT2D eigenvalue weighted by Crippen LogP contribution is 2.48. The summed E-state index contributed by atoms with van der Waals surface area (Å²) < 4.78 is 43.6. The summed E-state index contributed by atoms with van der Waals surface area (Å²) in [6, 6.07) is 0. The lowest BCUT2D eigenvalue weighted by molar-refractivity contribution is -0.199. The van der Waals surface area contributed by atoms with Gasteiger partial charge >= 0.3 is 12.1 Å². The molecule has 92 valence electrons. The Morgan fingerprint density at radius 3 is 2.50 bits per heavy atom. The Morgan fingerprint density at radius 2 is 2.12 bits per heavy atom. The minimum absolute atomic E-state index is 0.0892. The highest BCUT2D eigenvalue weighted by molar-refractivity contribution is 5.67. The van der Waals surface area contributed by atoms with Crippen LogP contribution in [-0.2, 0) is 9.53 Å². The molecule has 0 aromatic heterocycles. The van der Waals surface area contributed by atoms with Gasteiger partial charge in [0, 0.05) is 0 Å². The summed E-state index contributed by atoms with van der Waals surface area (Å²) in [5.41, 5.74) is 0. The van der Waals surface area contributed by atoms with E-state index < -0.39 is 36.5 Å². The van der Waals surface area contributed by atoms with Crippen LogP contribution >= 0.6 is 0 Å². The maximum absolute atomic E-state index is 12.7. The van der Waals surface area contributed by atoms with Gasteiger partial charge in [0.1, 0.15) is 0 Å². The fraction of sp³-hybridized carbons (Fsp3) is 0.900. The van der Waals surface area contributed by atoms with Crippen molar-refractivity contribution >= 4 is 5.97 Å². The molecule has 2 fully saturated rings. The van der Waals surface area contributed by atoms with Crippen molar-refractivity contribution in [1.29, 1.82) is 0 Å². The third-order valence-electron chi connectivity index (χ3n) is 3.48. The predicted molar refractivity (Wildman–Crippen MR) is 47.8 cm³/mol. The van der Waals surface area contributed by atoms with Crippen LogP contribution in [0.5, 0.6) is 0 Å². The third kappa shape index (κ3) is 2.16. The van der Waals surface area contributed by atoms with Crippen LogP contribution in [0.2, 0.25) is 0 Å². The van der Waals surface area contributed by atoms with E-state index in [1.807, 2.05) is 0 Å². The Hall–Kier alpha value is -0.780. The van der Waals surface area contributed by atoms with Crippen LogP contribution in [0.1, 0.15) is 25.7 Å². The number of aliphatic carboxylic acids is 1. The molecule has 1 N–H and O–H groups in total. The summed E-state index contributed by atoms with van der Waals surface area (Å²) in [5, 5.41) is 8.54. The van der Waals surface area contributed by atoms with E-state index in [-0.39, 0.29) is 6.10 Å². The second kappa shape index (κ2) is 3.91. The molecule has 0 aromatic rings. The second-order valence-corrected chi connectivity index (χ2v) is 4.52. The molecule has 4 unspecified atom stereocenters. The number of hydrogen-bond donors (Lipinski definition) is 1. The van der Waals surface area contributed by atoms with Crippen LogP contribution in [-0.4, -0.2) is 29.5 Å². The normalized spacial score (nSPS) is 35.3. The molecule has 3 nitrogen and oxygen atoms in total. The number of carboxylic acid groups (broad SMARTS) is 1. The van der Waals surface area contributed by atoms with E-state index in [0.717, 1.165) is 6.42 Å². The zero-order valence-corrected chi connectivity index (χ0v) is 8.54. The molecule has 6 heteroatoms. The first kappa shape index (κ1) is 11.7. The van der Waals surface area contributed by atoms with Gasteiger partial charge in [-0.2, -0.15) is 13.2 Å². The Balaban J connectivity index is 2.10. The van der Waals surface area contributed by atoms with E-state index in [0.29, 0.717) is 12.8 Å². The fourth-order valence-electron chi connectivity index (χ4n) is 2.80. The minimum atomic E-state index is -4.45. The zero-order valence-electron chi connectivity index (χ0n) is 8.54. The first-order valence-corrected chi connectivity index (χ1v) is 5.32.